The van der Waals surface area contributed by atoms with Gasteiger partial charge in [0.15, 0.2) is 5.75 Å². The van der Waals surface area contributed by atoms with Crippen molar-refractivity contribution in [3.8, 4) is 11.5 Å². The van der Waals surface area contributed by atoms with Gasteiger partial charge in [-0.05, 0) is 78.0 Å². The summed E-state index contributed by atoms with van der Waals surface area (Å²) in [4.78, 5) is 38.4. The fourth-order valence-electron chi connectivity index (χ4n) is 4.28. The summed E-state index contributed by atoms with van der Waals surface area (Å²) in [6, 6.07) is 23.5. The SMILES string of the molecule is CC(=O)Nc1ccc(S(=O)(=O)Oc2ccc3ccccc3c2/C=C2\SC(=O)N(CCOc3ccc(C)cc3)C2=O)cc1. The van der Waals surface area contributed by atoms with E-state index in [1.54, 1.807) is 18.2 Å². The summed E-state index contributed by atoms with van der Waals surface area (Å²) in [5.41, 5.74) is 1.86. The summed E-state index contributed by atoms with van der Waals surface area (Å²) in [7, 11) is -4.29. The number of nitrogens with one attached hydrogen (secondary N) is 1. The summed E-state index contributed by atoms with van der Waals surface area (Å²) in [5.74, 6) is -0.167. The van der Waals surface area contributed by atoms with Crippen LogP contribution in [0.3, 0.4) is 0 Å². The number of hydrogen-bond donors (Lipinski definition) is 1. The van der Waals surface area contributed by atoms with E-state index in [2.05, 4.69) is 5.32 Å². The number of anilines is 1. The Morgan fingerprint density at radius 2 is 1.67 bits per heavy atom. The molecule has 5 rings (SSSR count). The second-order valence-electron chi connectivity index (χ2n) is 9.44. The van der Waals surface area contributed by atoms with Crippen LogP contribution in [-0.2, 0) is 19.7 Å². The van der Waals surface area contributed by atoms with Gasteiger partial charge in [-0.1, -0.05) is 48.0 Å². The Morgan fingerprint density at radius 1 is 0.952 bits per heavy atom. The van der Waals surface area contributed by atoms with Gasteiger partial charge in [-0.3, -0.25) is 19.3 Å². The molecular formula is C31H26N2O7S2. The highest BCUT2D eigenvalue weighted by Crippen LogP contribution is 2.37. The molecule has 1 fully saturated rings. The van der Waals surface area contributed by atoms with E-state index in [-0.39, 0.29) is 34.6 Å². The van der Waals surface area contributed by atoms with Crippen molar-refractivity contribution in [3.63, 3.8) is 0 Å². The summed E-state index contributed by atoms with van der Waals surface area (Å²) in [5, 5.41) is 3.56. The Balaban J connectivity index is 1.41. The first-order valence-corrected chi connectivity index (χ1v) is 15.1. The topological polar surface area (TPSA) is 119 Å². The molecule has 3 amide bonds. The monoisotopic (exact) mass is 602 g/mol. The number of carbonyl (C=O) groups is 3. The van der Waals surface area contributed by atoms with Gasteiger partial charge in [0.05, 0.1) is 11.4 Å². The minimum Gasteiger partial charge on any atom is -0.492 e. The van der Waals surface area contributed by atoms with Crippen LogP contribution in [-0.4, -0.2) is 43.5 Å². The van der Waals surface area contributed by atoms with Crippen LogP contribution in [0.2, 0.25) is 0 Å². The van der Waals surface area contributed by atoms with Crippen molar-refractivity contribution in [2.75, 3.05) is 18.5 Å². The molecule has 11 heteroatoms. The van der Waals surface area contributed by atoms with Gasteiger partial charge < -0.3 is 14.2 Å². The standard InChI is InChI=1S/C31H26N2O7S2/c1-20-7-12-24(13-8-20)39-18-17-33-30(35)29(41-31(33)36)19-27-26-6-4-3-5-22(26)9-16-28(27)40-42(37,38)25-14-10-23(11-15-25)32-21(2)34/h3-16,19H,17-18H2,1-2H3,(H,32,34)/b29-19-. The van der Waals surface area contributed by atoms with E-state index in [1.165, 1.54) is 43.3 Å². The Labute approximate surface area is 247 Å². The molecule has 0 aromatic heterocycles. The number of benzene rings is 4. The van der Waals surface area contributed by atoms with Gasteiger partial charge in [-0.25, -0.2) is 0 Å². The Hall–Kier alpha value is -4.61. The number of carbonyl (C=O) groups excluding carboxylic acids is 3. The minimum absolute atomic E-state index is 0.00543. The maximum atomic E-state index is 13.2. The van der Waals surface area contributed by atoms with Crippen LogP contribution in [0.4, 0.5) is 10.5 Å². The zero-order valence-corrected chi connectivity index (χ0v) is 24.3. The lowest BCUT2D eigenvalue weighted by Crippen LogP contribution is -2.32. The van der Waals surface area contributed by atoms with Crippen LogP contribution >= 0.6 is 11.8 Å². The van der Waals surface area contributed by atoms with Gasteiger partial charge in [0.25, 0.3) is 11.1 Å². The fourth-order valence-corrected chi connectivity index (χ4v) is 6.08. The molecule has 0 radical (unpaired) electrons. The van der Waals surface area contributed by atoms with E-state index in [4.69, 9.17) is 8.92 Å². The third kappa shape index (κ3) is 6.48. The second kappa shape index (κ2) is 12.1. The minimum atomic E-state index is -4.29. The van der Waals surface area contributed by atoms with E-state index >= 15 is 0 Å². The van der Waals surface area contributed by atoms with E-state index in [0.717, 1.165) is 27.6 Å². The lowest BCUT2D eigenvalue weighted by atomic mass is 10.0. The number of hydrogen-bond acceptors (Lipinski definition) is 8. The summed E-state index contributed by atoms with van der Waals surface area (Å²) in [6.45, 7) is 3.49. The van der Waals surface area contributed by atoms with E-state index < -0.39 is 21.3 Å². The van der Waals surface area contributed by atoms with Crippen LogP contribution in [0.25, 0.3) is 16.8 Å². The second-order valence-corrected chi connectivity index (χ2v) is 12.0. The number of aryl methyl sites for hydroxylation is 1. The van der Waals surface area contributed by atoms with Crippen molar-refractivity contribution in [3.05, 3.63) is 101 Å². The molecule has 1 heterocycles. The van der Waals surface area contributed by atoms with E-state index in [1.807, 2.05) is 43.3 Å². The molecule has 4 aromatic rings. The fraction of sp³-hybridized carbons (Fsp3) is 0.129. The van der Waals surface area contributed by atoms with E-state index in [9.17, 15) is 22.8 Å². The highest BCUT2D eigenvalue weighted by molar-refractivity contribution is 8.18. The first-order valence-electron chi connectivity index (χ1n) is 12.9. The molecule has 0 aliphatic carbocycles. The van der Waals surface area contributed by atoms with Crippen LogP contribution < -0.4 is 14.2 Å². The first-order chi connectivity index (χ1) is 20.1. The average molecular weight is 603 g/mol. The highest BCUT2D eigenvalue weighted by atomic mass is 32.2. The molecule has 0 atom stereocenters. The smallest absolute Gasteiger partial charge is 0.339 e. The molecule has 0 bridgehead atoms. The molecule has 42 heavy (non-hydrogen) atoms. The summed E-state index contributed by atoms with van der Waals surface area (Å²) < 4.78 is 37.7. The molecular weight excluding hydrogens is 576 g/mol. The van der Waals surface area contributed by atoms with Crippen molar-refractivity contribution < 1.29 is 31.7 Å². The van der Waals surface area contributed by atoms with Crippen LogP contribution in [0.15, 0.2) is 94.7 Å². The molecule has 0 saturated carbocycles. The predicted molar refractivity (Wildman–Crippen MR) is 162 cm³/mol. The van der Waals surface area contributed by atoms with Gasteiger partial charge in [-0.15, -0.1) is 0 Å². The molecule has 9 nitrogen and oxygen atoms in total. The number of thioether (sulfide) groups is 1. The molecule has 1 N–H and O–H groups in total. The van der Waals surface area contributed by atoms with Crippen LogP contribution in [0.5, 0.6) is 11.5 Å². The third-order valence-corrected chi connectivity index (χ3v) is 8.50. The van der Waals surface area contributed by atoms with Crippen molar-refractivity contribution in [2.45, 2.75) is 18.7 Å². The van der Waals surface area contributed by atoms with Crippen molar-refractivity contribution in [1.82, 2.24) is 4.90 Å². The van der Waals surface area contributed by atoms with Crippen molar-refractivity contribution in [2.24, 2.45) is 0 Å². The largest absolute Gasteiger partial charge is 0.492 e. The van der Waals surface area contributed by atoms with Crippen molar-refractivity contribution in [1.29, 1.82) is 0 Å². The number of imide groups is 1. The molecule has 0 spiro atoms. The predicted octanol–water partition coefficient (Wildman–Crippen LogP) is 5.99. The quantitative estimate of drug-likeness (QED) is 0.183. The lowest BCUT2D eigenvalue weighted by Gasteiger charge is -2.14. The molecule has 0 unspecified atom stereocenters. The summed E-state index contributed by atoms with van der Waals surface area (Å²) >= 11 is 0.766. The zero-order valence-electron chi connectivity index (χ0n) is 22.7. The number of rotatable bonds is 9. The van der Waals surface area contributed by atoms with Gasteiger partial charge in [0.1, 0.15) is 17.3 Å². The Bertz CT molecular complexity index is 1820. The third-order valence-electron chi connectivity index (χ3n) is 6.35. The van der Waals surface area contributed by atoms with E-state index in [0.29, 0.717) is 22.4 Å². The maximum absolute atomic E-state index is 13.2. The van der Waals surface area contributed by atoms with Crippen molar-refractivity contribution >= 4 is 61.5 Å². The number of nitrogens with zero attached hydrogens (tertiary/aromatic N) is 1. The number of amides is 3. The maximum Gasteiger partial charge on any atom is 0.339 e. The number of ether oxygens (including phenoxy) is 1. The normalized spacial score (nSPS) is 14.4. The van der Waals surface area contributed by atoms with Gasteiger partial charge in [0.2, 0.25) is 5.91 Å². The Morgan fingerprint density at radius 3 is 2.38 bits per heavy atom. The molecule has 4 aromatic carbocycles. The highest BCUT2D eigenvalue weighted by Gasteiger charge is 2.35. The summed E-state index contributed by atoms with van der Waals surface area (Å²) in [6.07, 6.45) is 1.48. The molecule has 214 valence electrons. The lowest BCUT2D eigenvalue weighted by molar-refractivity contribution is -0.123. The van der Waals surface area contributed by atoms with Gasteiger partial charge in [0, 0.05) is 18.2 Å². The van der Waals surface area contributed by atoms with Gasteiger partial charge in [-0.2, -0.15) is 8.42 Å². The van der Waals surface area contributed by atoms with Crippen LogP contribution in [0, 0.1) is 6.92 Å². The number of fused-ring (bicyclic) bond motifs is 1. The molecule has 1 aliphatic heterocycles. The molecule has 1 saturated heterocycles. The zero-order chi connectivity index (χ0) is 29.9. The van der Waals surface area contributed by atoms with Gasteiger partial charge >= 0.3 is 10.1 Å². The average Bonchev–Trinajstić information content (AvgIpc) is 3.22. The van der Waals surface area contributed by atoms with Crippen LogP contribution in [0.1, 0.15) is 18.1 Å². The first kappa shape index (κ1) is 28.9. The molecule has 1 aliphatic rings. The Kier molecular flexibility index (Phi) is 8.32.